The van der Waals surface area contributed by atoms with E-state index in [1.165, 1.54) is 0 Å². The molecule has 132 valence electrons. The molecule has 1 N–H and O–H groups in total. The van der Waals surface area contributed by atoms with Gasteiger partial charge in [-0.15, -0.1) is 0 Å². The van der Waals surface area contributed by atoms with E-state index >= 15 is 0 Å². The Bertz CT molecular complexity index is 894. The van der Waals surface area contributed by atoms with Gasteiger partial charge >= 0.3 is 0 Å². The maximum atomic E-state index is 13.1. The summed E-state index contributed by atoms with van der Waals surface area (Å²) >= 11 is 0. The Morgan fingerprint density at radius 3 is 2.12 bits per heavy atom. The topological polar surface area (TPSA) is 58.6 Å². The minimum Gasteiger partial charge on any atom is -0.497 e. The second-order valence-electron chi connectivity index (χ2n) is 6.48. The second-order valence-corrected chi connectivity index (χ2v) is 6.48. The fourth-order valence-electron chi connectivity index (χ4n) is 3.54. The van der Waals surface area contributed by atoms with Gasteiger partial charge in [0, 0.05) is 29.9 Å². The summed E-state index contributed by atoms with van der Waals surface area (Å²) in [6.45, 7) is 1.59. The summed E-state index contributed by atoms with van der Waals surface area (Å²) in [5.74, 6) is 0.511. The van der Waals surface area contributed by atoms with E-state index in [-0.39, 0.29) is 11.6 Å². The SMILES string of the molecule is COc1ccc(NC2=C(N3CCCC3)C(=O)c3ccccc3C2=O)cc1. The van der Waals surface area contributed by atoms with E-state index in [9.17, 15) is 9.59 Å². The van der Waals surface area contributed by atoms with E-state index in [0.29, 0.717) is 22.5 Å². The fraction of sp³-hybridized carbons (Fsp3) is 0.238. The minimum absolute atomic E-state index is 0.0851. The third-order valence-electron chi connectivity index (χ3n) is 4.88. The Balaban J connectivity index is 1.78. The first-order valence-corrected chi connectivity index (χ1v) is 8.78. The molecule has 0 atom stereocenters. The van der Waals surface area contributed by atoms with E-state index in [2.05, 4.69) is 5.32 Å². The van der Waals surface area contributed by atoms with Crippen LogP contribution in [-0.2, 0) is 0 Å². The smallest absolute Gasteiger partial charge is 0.212 e. The molecule has 0 aromatic heterocycles. The van der Waals surface area contributed by atoms with Gasteiger partial charge in [-0.1, -0.05) is 24.3 Å². The number of anilines is 1. The van der Waals surface area contributed by atoms with Crippen LogP contribution in [0.25, 0.3) is 0 Å². The highest BCUT2D eigenvalue weighted by Gasteiger charge is 2.36. The number of carbonyl (C=O) groups is 2. The summed E-state index contributed by atoms with van der Waals surface area (Å²) in [7, 11) is 1.61. The molecule has 0 radical (unpaired) electrons. The number of nitrogens with one attached hydrogen (secondary N) is 1. The van der Waals surface area contributed by atoms with Gasteiger partial charge in [0.2, 0.25) is 11.6 Å². The molecule has 26 heavy (non-hydrogen) atoms. The molecule has 1 aliphatic carbocycles. The van der Waals surface area contributed by atoms with Gasteiger partial charge in [-0.25, -0.2) is 0 Å². The molecule has 0 spiro atoms. The third kappa shape index (κ3) is 2.75. The largest absolute Gasteiger partial charge is 0.497 e. The van der Waals surface area contributed by atoms with Gasteiger partial charge in [0.15, 0.2) is 0 Å². The highest BCUT2D eigenvalue weighted by Crippen LogP contribution is 2.31. The van der Waals surface area contributed by atoms with Crippen molar-refractivity contribution >= 4 is 17.3 Å². The van der Waals surface area contributed by atoms with Crippen LogP contribution >= 0.6 is 0 Å². The molecule has 0 unspecified atom stereocenters. The van der Waals surface area contributed by atoms with E-state index < -0.39 is 0 Å². The number of carbonyl (C=O) groups excluding carboxylic acids is 2. The molecule has 4 rings (SSSR count). The zero-order valence-electron chi connectivity index (χ0n) is 14.6. The first-order chi connectivity index (χ1) is 12.7. The maximum absolute atomic E-state index is 13.1. The van der Waals surface area contributed by atoms with Crippen molar-refractivity contribution in [3.8, 4) is 5.75 Å². The van der Waals surface area contributed by atoms with Crippen LogP contribution in [0.15, 0.2) is 59.9 Å². The number of likely N-dealkylation sites (tertiary alicyclic amines) is 1. The molecule has 1 fully saturated rings. The van der Waals surface area contributed by atoms with Crippen molar-refractivity contribution in [3.05, 3.63) is 71.1 Å². The van der Waals surface area contributed by atoms with Gasteiger partial charge in [-0.3, -0.25) is 9.59 Å². The van der Waals surface area contributed by atoms with Crippen LogP contribution in [0.4, 0.5) is 5.69 Å². The lowest BCUT2D eigenvalue weighted by Crippen LogP contribution is -2.35. The monoisotopic (exact) mass is 348 g/mol. The molecule has 5 heteroatoms. The first kappa shape index (κ1) is 16.4. The lowest BCUT2D eigenvalue weighted by atomic mass is 9.89. The van der Waals surface area contributed by atoms with Crippen LogP contribution in [0.3, 0.4) is 0 Å². The fourth-order valence-corrected chi connectivity index (χ4v) is 3.54. The predicted molar refractivity (Wildman–Crippen MR) is 99.6 cm³/mol. The Hall–Kier alpha value is -3.08. The standard InChI is InChI=1S/C21H20N2O3/c1-26-15-10-8-14(9-11-15)22-18-19(23-12-4-5-13-23)21(25)17-7-3-2-6-16(17)20(18)24/h2-3,6-11,22H,4-5,12-13H2,1H3. The molecular formula is C21H20N2O3. The molecule has 1 heterocycles. The van der Waals surface area contributed by atoms with E-state index in [4.69, 9.17) is 4.74 Å². The zero-order chi connectivity index (χ0) is 18.1. The summed E-state index contributed by atoms with van der Waals surface area (Å²) < 4.78 is 5.18. The molecule has 2 aromatic rings. The Kier molecular flexibility index (Phi) is 4.21. The summed E-state index contributed by atoms with van der Waals surface area (Å²) in [5, 5.41) is 3.19. The number of methoxy groups -OCH3 is 1. The number of benzene rings is 2. The van der Waals surface area contributed by atoms with Gasteiger partial charge in [0.05, 0.1) is 7.11 Å². The van der Waals surface area contributed by atoms with Crippen LogP contribution in [0.2, 0.25) is 0 Å². The van der Waals surface area contributed by atoms with Crippen LogP contribution in [-0.4, -0.2) is 36.7 Å². The molecule has 0 bridgehead atoms. The minimum atomic E-state index is -0.141. The van der Waals surface area contributed by atoms with Crippen LogP contribution in [0.5, 0.6) is 5.75 Å². The lowest BCUT2D eigenvalue weighted by Gasteiger charge is -2.28. The number of hydrogen-bond acceptors (Lipinski definition) is 5. The average molecular weight is 348 g/mol. The van der Waals surface area contributed by atoms with Crippen molar-refractivity contribution in [2.24, 2.45) is 0 Å². The number of ketones is 2. The van der Waals surface area contributed by atoms with Gasteiger partial charge in [0.25, 0.3) is 0 Å². The van der Waals surface area contributed by atoms with E-state index in [1.807, 2.05) is 29.2 Å². The van der Waals surface area contributed by atoms with E-state index in [1.54, 1.807) is 31.4 Å². The maximum Gasteiger partial charge on any atom is 0.212 e. The zero-order valence-corrected chi connectivity index (χ0v) is 14.6. The first-order valence-electron chi connectivity index (χ1n) is 8.78. The second kappa shape index (κ2) is 6.67. The Labute approximate surface area is 152 Å². The number of nitrogens with zero attached hydrogens (tertiary/aromatic N) is 1. The van der Waals surface area contributed by atoms with Crippen molar-refractivity contribution in [2.75, 3.05) is 25.5 Å². The van der Waals surface area contributed by atoms with Gasteiger partial charge in [-0.05, 0) is 37.1 Å². The number of ether oxygens (including phenoxy) is 1. The molecule has 2 aromatic carbocycles. The van der Waals surface area contributed by atoms with E-state index in [0.717, 1.165) is 37.4 Å². The molecular weight excluding hydrogens is 328 g/mol. The number of allylic oxidation sites excluding steroid dienone is 2. The van der Waals surface area contributed by atoms with Crippen molar-refractivity contribution in [3.63, 3.8) is 0 Å². The molecule has 1 aliphatic heterocycles. The Morgan fingerprint density at radius 2 is 1.50 bits per heavy atom. The average Bonchev–Trinajstić information content (AvgIpc) is 3.21. The van der Waals surface area contributed by atoms with Gasteiger partial charge in [-0.2, -0.15) is 0 Å². The van der Waals surface area contributed by atoms with Crippen LogP contribution in [0, 0.1) is 0 Å². The van der Waals surface area contributed by atoms with Crippen LogP contribution < -0.4 is 10.1 Å². The molecule has 5 nitrogen and oxygen atoms in total. The van der Waals surface area contributed by atoms with Crippen molar-refractivity contribution in [2.45, 2.75) is 12.8 Å². The summed E-state index contributed by atoms with van der Waals surface area (Å²) in [5.41, 5.74) is 2.54. The number of Topliss-reactive ketones (excluding diaryl/α,β-unsaturated/α-hetero) is 2. The number of rotatable bonds is 4. The predicted octanol–water partition coefficient (Wildman–Crippen LogP) is 3.49. The summed E-state index contributed by atoms with van der Waals surface area (Å²) in [6, 6.07) is 14.4. The highest BCUT2D eigenvalue weighted by molar-refractivity contribution is 6.27. The number of fused-ring (bicyclic) bond motifs is 1. The normalized spacial score (nSPS) is 16.7. The molecule has 0 amide bonds. The van der Waals surface area contributed by atoms with Crippen molar-refractivity contribution < 1.29 is 14.3 Å². The van der Waals surface area contributed by atoms with Crippen molar-refractivity contribution in [1.82, 2.24) is 4.90 Å². The lowest BCUT2D eigenvalue weighted by molar-refractivity contribution is 0.0948. The van der Waals surface area contributed by atoms with Gasteiger partial charge < -0.3 is 15.0 Å². The summed E-state index contributed by atoms with van der Waals surface area (Å²) in [4.78, 5) is 28.3. The van der Waals surface area contributed by atoms with Gasteiger partial charge in [0.1, 0.15) is 17.1 Å². The van der Waals surface area contributed by atoms with Crippen molar-refractivity contribution in [1.29, 1.82) is 0 Å². The highest BCUT2D eigenvalue weighted by atomic mass is 16.5. The molecule has 1 saturated heterocycles. The summed E-state index contributed by atoms with van der Waals surface area (Å²) in [6.07, 6.45) is 2.06. The van der Waals surface area contributed by atoms with Crippen LogP contribution in [0.1, 0.15) is 33.6 Å². The Morgan fingerprint density at radius 1 is 0.885 bits per heavy atom. The molecule has 2 aliphatic rings. The molecule has 0 saturated carbocycles. The third-order valence-corrected chi connectivity index (χ3v) is 4.88. The number of hydrogen-bond donors (Lipinski definition) is 1. The quantitative estimate of drug-likeness (QED) is 0.916.